The number of nitrogens with zero attached hydrogens (tertiary/aromatic N) is 2. The van der Waals surface area contributed by atoms with E-state index in [0.717, 1.165) is 6.42 Å². The van der Waals surface area contributed by atoms with Crippen LogP contribution in [0.2, 0.25) is 0 Å². The van der Waals surface area contributed by atoms with Crippen LogP contribution in [0, 0.1) is 6.92 Å². The molecule has 0 saturated carbocycles. The lowest BCUT2D eigenvalue weighted by Gasteiger charge is -2.25. The molecule has 2 N–H and O–H groups in total. The Kier molecular flexibility index (Phi) is 6.09. The first-order chi connectivity index (χ1) is 11.4. The summed E-state index contributed by atoms with van der Waals surface area (Å²) in [4.78, 5) is 27.8. The molecule has 1 saturated heterocycles. The molecular formula is C16H25N3O5. The lowest BCUT2D eigenvalue weighted by molar-refractivity contribution is -0.144. The highest BCUT2D eigenvalue weighted by molar-refractivity contribution is 5.79. The molecule has 0 aliphatic carbocycles. The highest BCUT2D eigenvalue weighted by Gasteiger charge is 2.46. The zero-order chi connectivity index (χ0) is 17.9. The number of amides is 1. The summed E-state index contributed by atoms with van der Waals surface area (Å²) in [5.41, 5.74) is 0.113. The maximum Gasteiger partial charge on any atom is 0.349 e. The molecule has 134 valence electrons. The van der Waals surface area contributed by atoms with Crippen LogP contribution in [0.4, 0.5) is 0 Å². The summed E-state index contributed by atoms with van der Waals surface area (Å²) in [6.45, 7) is 5.29. The molecule has 1 fully saturated rings. The van der Waals surface area contributed by atoms with Gasteiger partial charge in [0.25, 0.3) is 0 Å². The molecule has 0 bridgehead atoms. The Hall–Kier alpha value is -1.77. The number of ether oxygens (including phenoxy) is 2. The molecule has 5 atom stereocenters. The van der Waals surface area contributed by atoms with E-state index in [4.69, 9.17) is 9.47 Å². The number of carbonyl (C=O) groups excluding carboxylic acids is 1. The maximum absolute atomic E-state index is 12.2. The third-order valence-electron chi connectivity index (χ3n) is 4.11. The Morgan fingerprint density at radius 3 is 2.88 bits per heavy atom. The fraction of sp³-hybridized carbons (Fsp3) is 0.688. The van der Waals surface area contributed by atoms with Gasteiger partial charge in [0.2, 0.25) is 5.91 Å². The first-order valence-electron chi connectivity index (χ1n) is 8.15. The third kappa shape index (κ3) is 3.82. The fourth-order valence-electron chi connectivity index (χ4n) is 2.80. The number of nitrogens with one attached hydrogen (secondary N) is 1. The molecule has 2 rings (SSSR count). The van der Waals surface area contributed by atoms with E-state index in [2.05, 4.69) is 10.3 Å². The van der Waals surface area contributed by atoms with Crippen molar-refractivity contribution < 1.29 is 19.4 Å². The first-order valence-corrected chi connectivity index (χ1v) is 8.15. The van der Waals surface area contributed by atoms with Crippen molar-refractivity contribution in [1.82, 2.24) is 14.9 Å². The predicted molar refractivity (Wildman–Crippen MR) is 86.5 cm³/mol. The van der Waals surface area contributed by atoms with Crippen molar-refractivity contribution in [3.63, 3.8) is 0 Å². The average Bonchev–Trinajstić information content (AvgIpc) is 2.84. The lowest BCUT2D eigenvalue weighted by Crippen LogP contribution is -2.43. The van der Waals surface area contributed by atoms with Crippen LogP contribution in [-0.4, -0.2) is 52.0 Å². The largest absolute Gasteiger partial charge is 0.388 e. The Morgan fingerprint density at radius 1 is 1.58 bits per heavy atom. The minimum Gasteiger partial charge on any atom is -0.388 e. The van der Waals surface area contributed by atoms with Crippen LogP contribution < -0.4 is 11.0 Å². The van der Waals surface area contributed by atoms with Crippen molar-refractivity contribution in [2.75, 3.05) is 7.05 Å². The van der Waals surface area contributed by atoms with Crippen LogP contribution in [0.3, 0.4) is 0 Å². The van der Waals surface area contributed by atoms with Crippen molar-refractivity contribution in [3.05, 3.63) is 28.4 Å². The van der Waals surface area contributed by atoms with Gasteiger partial charge in [0.15, 0.2) is 6.23 Å². The van der Waals surface area contributed by atoms with Gasteiger partial charge in [-0.15, -0.1) is 0 Å². The van der Waals surface area contributed by atoms with Crippen molar-refractivity contribution in [2.45, 2.75) is 64.3 Å². The van der Waals surface area contributed by atoms with E-state index in [-0.39, 0.29) is 5.91 Å². The molecule has 1 aromatic rings. The number of hydrogen-bond donors (Lipinski definition) is 2. The van der Waals surface area contributed by atoms with Gasteiger partial charge in [-0.25, -0.2) is 4.79 Å². The minimum absolute atomic E-state index is 0.311. The van der Waals surface area contributed by atoms with Crippen molar-refractivity contribution in [3.8, 4) is 0 Å². The summed E-state index contributed by atoms with van der Waals surface area (Å²) in [6.07, 6.45) is -0.842. The van der Waals surface area contributed by atoms with Crippen LogP contribution in [0.25, 0.3) is 0 Å². The summed E-state index contributed by atoms with van der Waals surface area (Å²) in [7, 11) is 1.51. The lowest BCUT2D eigenvalue weighted by atomic mass is 10.1. The molecule has 1 aromatic heterocycles. The van der Waals surface area contributed by atoms with E-state index < -0.39 is 36.3 Å². The summed E-state index contributed by atoms with van der Waals surface area (Å²) < 4.78 is 12.9. The highest BCUT2D eigenvalue weighted by atomic mass is 16.6. The molecule has 0 spiro atoms. The summed E-state index contributed by atoms with van der Waals surface area (Å²) in [5, 5.41) is 13.0. The highest BCUT2D eigenvalue weighted by Crippen LogP contribution is 2.33. The number of aliphatic hydroxyl groups is 1. The molecule has 2 heterocycles. The molecule has 8 heteroatoms. The molecule has 1 aliphatic rings. The van der Waals surface area contributed by atoms with Gasteiger partial charge < -0.3 is 19.9 Å². The van der Waals surface area contributed by atoms with Crippen molar-refractivity contribution in [2.24, 2.45) is 0 Å². The van der Waals surface area contributed by atoms with Crippen LogP contribution in [0.5, 0.6) is 0 Å². The second-order valence-electron chi connectivity index (χ2n) is 5.96. The van der Waals surface area contributed by atoms with Gasteiger partial charge in [0, 0.05) is 18.9 Å². The van der Waals surface area contributed by atoms with Crippen molar-refractivity contribution >= 4 is 5.91 Å². The van der Waals surface area contributed by atoms with E-state index in [0.29, 0.717) is 12.1 Å². The average molecular weight is 339 g/mol. The zero-order valence-electron chi connectivity index (χ0n) is 14.4. The number of rotatable bonds is 6. The van der Waals surface area contributed by atoms with Crippen molar-refractivity contribution in [1.29, 1.82) is 0 Å². The summed E-state index contributed by atoms with van der Waals surface area (Å²) in [6, 6.07) is 1.68. The van der Waals surface area contributed by atoms with Gasteiger partial charge in [0.05, 0.1) is 6.10 Å². The quantitative estimate of drug-likeness (QED) is 0.764. The Bertz CT molecular complexity index is 632. The SMILES string of the molecule is CCCC1OC(n2ccc(C)nc2=O)C(OC(C)C(=O)NC)C1O. The number of aryl methyl sites for hydroxylation is 1. The molecule has 0 aromatic carbocycles. The molecule has 24 heavy (non-hydrogen) atoms. The molecule has 1 amide bonds. The van der Waals surface area contributed by atoms with Gasteiger partial charge >= 0.3 is 5.69 Å². The van der Waals surface area contributed by atoms with Gasteiger partial charge in [0.1, 0.15) is 18.3 Å². The predicted octanol–water partition coefficient (Wildman–Crippen LogP) is 0.130. The number of hydrogen-bond acceptors (Lipinski definition) is 6. The summed E-state index contributed by atoms with van der Waals surface area (Å²) >= 11 is 0. The molecule has 8 nitrogen and oxygen atoms in total. The Labute approximate surface area is 140 Å². The molecule has 1 aliphatic heterocycles. The van der Waals surface area contributed by atoms with Gasteiger partial charge in [-0.05, 0) is 26.3 Å². The number of likely N-dealkylation sites (N-methyl/N-ethyl adjacent to an activating group) is 1. The third-order valence-corrected chi connectivity index (χ3v) is 4.11. The molecule has 0 radical (unpaired) electrons. The smallest absolute Gasteiger partial charge is 0.349 e. The second kappa shape index (κ2) is 7.87. The number of carbonyl (C=O) groups is 1. The van der Waals surface area contributed by atoms with Crippen LogP contribution in [0.15, 0.2) is 17.1 Å². The van der Waals surface area contributed by atoms with E-state index >= 15 is 0 Å². The van der Waals surface area contributed by atoms with Gasteiger partial charge in [-0.1, -0.05) is 13.3 Å². The minimum atomic E-state index is -0.935. The van der Waals surface area contributed by atoms with E-state index in [1.807, 2.05) is 6.92 Å². The van der Waals surface area contributed by atoms with Crippen LogP contribution >= 0.6 is 0 Å². The first kappa shape index (κ1) is 18.6. The van der Waals surface area contributed by atoms with Gasteiger partial charge in [-0.3, -0.25) is 9.36 Å². The van der Waals surface area contributed by atoms with Crippen LogP contribution in [-0.2, 0) is 14.3 Å². The standard InChI is InChI=1S/C16H25N3O5/c1-5-6-11-12(20)13(23-10(3)14(21)17-4)15(24-11)19-8-7-9(2)18-16(19)22/h7-8,10-13,15,20H,5-6H2,1-4H3,(H,17,21). The molecule has 5 unspecified atom stereocenters. The summed E-state index contributed by atoms with van der Waals surface area (Å²) in [5.74, 6) is -0.311. The van der Waals surface area contributed by atoms with E-state index in [9.17, 15) is 14.7 Å². The maximum atomic E-state index is 12.2. The van der Waals surface area contributed by atoms with E-state index in [1.54, 1.807) is 26.1 Å². The van der Waals surface area contributed by atoms with Crippen LogP contribution in [0.1, 0.15) is 38.6 Å². The Balaban J connectivity index is 2.31. The monoisotopic (exact) mass is 339 g/mol. The topological polar surface area (TPSA) is 103 Å². The number of aromatic nitrogens is 2. The van der Waals surface area contributed by atoms with E-state index in [1.165, 1.54) is 11.6 Å². The van der Waals surface area contributed by atoms with Gasteiger partial charge in [-0.2, -0.15) is 4.98 Å². The fourth-order valence-corrected chi connectivity index (χ4v) is 2.80. The normalized spacial score (nSPS) is 27.9. The zero-order valence-corrected chi connectivity index (χ0v) is 14.4. The molecular weight excluding hydrogens is 314 g/mol. The second-order valence-corrected chi connectivity index (χ2v) is 5.96. The Morgan fingerprint density at radius 2 is 2.29 bits per heavy atom. The number of aliphatic hydroxyl groups excluding tert-OH is 1.